The number of esters is 1. The molecule has 0 radical (unpaired) electrons. The molecule has 11 nitrogen and oxygen atoms in total. The molecule has 0 fully saturated rings. The highest BCUT2D eigenvalue weighted by molar-refractivity contribution is 7.07. The molecule has 5 aromatic rings. The van der Waals surface area contributed by atoms with Gasteiger partial charge in [-0.1, -0.05) is 90.2 Å². The van der Waals surface area contributed by atoms with Crippen molar-refractivity contribution in [3.63, 3.8) is 0 Å². The Balaban J connectivity index is 0.000000775. The number of benzene rings is 4. The average Bonchev–Trinajstić information content (AvgIpc) is 3.48. The summed E-state index contributed by atoms with van der Waals surface area (Å²) in [5, 5.41) is 32.6. The van der Waals surface area contributed by atoms with E-state index < -0.39 is 12.0 Å². The smallest absolute Gasteiger partial charge is 0.338 e. The number of thiazole rings is 1. The lowest BCUT2D eigenvalue weighted by molar-refractivity contribution is -0.139. The molecule has 0 saturated heterocycles. The number of fused-ring (bicyclic) bond motifs is 2. The monoisotopic (exact) mass is 774 g/mol. The Morgan fingerprint density at radius 1 is 0.818 bits per heavy atom. The lowest BCUT2D eigenvalue weighted by Gasteiger charge is -2.24. The van der Waals surface area contributed by atoms with Gasteiger partial charge in [-0.15, -0.1) is 0 Å². The first-order valence-electron chi connectivity index (χ1n) is 18.1. The number of carbonyl (C=O) groups is 1. The number of aliphatic hydroxyl groups excluding tert-OH is 4. The first-order valence-corrected chi connectivity index (χ1v) is 18.9. The highest BCUT2D eigenvalue weighted by Gasteiger charge is 2.33. The van der Waals surface area contributed by atoms with E-state index in [0.717, 1.165) is 27.5 Å². The quantitative estimate of drug-likeness (QED) is 0.149. The van der Waals surface area contributed by atoms with Crippen molar-refractivity contribution in [2.75, 3.05) is 40.1 Å². The maximum atomic E-state index is 13.9. The third-order valence-corrected chi connectivity index (χ3v) is 8.36. The Labute approximate surface area is 326 Å². The number of aromatic nitrogens is 1. The Hall–Kier alpha value is -5.11. The van der Waals surface area contributed by atoms with Crippen LogP contribution in [0, 0.1) is 0 Å². The van der Waals surface area contributed by atoms with Crippen LogP contribution < -0.4 is 24.4 Å². The molecule has 4 N–H and O–H groups in total. The van der Waals surface area contributed by atoms with Gasteiger partial charge in [0.25, 0.3) is 5.56 Å². The Morgan fingerprint density at radius 2 is 1.42 bits per heavy atom. The van der Waals surface area contributed by atoms with Crippen LogP contribution in [0.5, 0.6) is 11.5 Å². The van der Waals surface area contributed by atoms with E-state index in [1.807, 2.05) is 72.8 Å². The summed E-state index contributed by atoms with van der Waals surface area (Å²) in [6.07, 6.45) is 1.81. The van der Waals surface area contributed by atoms with Crippen LogP contribution in [0.3, 0.4) is 0 Å². The molecule has 4 aromatic carbocycles. The van der Waals surface area contributed by atoms with Crippen molar-refractivity contribution in [2.24, 2.45) is 4.99 Å². The maximum Gasteiger partial charge on any atom is 0.338 e. The molecular formula is C43H54N2O9S. The van der Waals surface area contributed by atoms with Gasteiger partial charge >= 0.3 is 5.97 Å². The van der Waals surface area contributed by atoms with Crippen LogP contribution in [0.1, 0.15) is 64.3 Å². The van der Waals surface area contributed by atoms with Gasteiger partial charge in [-0.25, -0.2) is 9.79 Å². The van der Waals surface area contributed by atoms with Crippen molar-refractivity contribution in [3.05, 3.63) is 139 Å². The Kier molecular flexibility index (Phi) is 21.0. The number of aliphatic hydroxyl groups is 4. The fraction of sp³-hybridized carbons (Fsp3) is 0.326. The van der Waals surface area contributed by atoms with Crippen molar-refractivity contribution >= 4 is 34.2 Å². The van der Waals surface area contributed by atoms with Gasteiger partial charge in [0.2, 0.25) is 0 Å². The van der Waals surface area contributed by atoms with E-state index in [9.17, 15) is 9.59 Å². The summed E-state index contributed by atoms with van der Waals surface area (Å²) >= 11 is 1.28. The van der Waals surface area contributed by atoms with Gasteiger partial charge in [0.15, 0.2) is 16.3 Å². The van der Waals surface area contributed by atoms with E-state index in [4.69, 9.17) is 34.6 Å². The second-order valence-electron chi connectivity index (χ2n) is 11.3. The number of nitrogens with zero attached hydrogens (tertiary/aromatic N) is 2. The van der Waals surface area contributed by atoms with Crippen LogP contribution in [0.4, 0.5) is 0 Å². The number of hydrogen-bond donors (Lipinski definition) is 4. The van der Waals surface area contributed by atoms with Crippen LogP contribution in [0.15, 0.2) is 112 Å². The van der Waals surface area contributed by atoms with E-state index >= 15 is 0 Å². The van der Waals surface area contributed by atoms with Crippen LogP contribution in [-0.2, 0) is 16.1 Å². The number of hydrogen-bond acceptors (Lipinski definition) is 11. The third-order valence-electron chi connectivity index (χ3n) is 7.38. The highest BCUT2D eigenvalue weighted by Crippen LogP contribution is 2.32. The Bertz CT molecular complexity index is 2110. The van der Waals surface area contributed by atoms with Crippen LogP contribution in [0.25, 0.3) is 16.8 Å². The molecule has 1 atom stereocenters. The molecule has 0 amide bonds. The second-order valence-corrected chi connectivity index (χ2v) is 12.3. The first kappa shape index (κ1) is 46.0. The molecule has 2 heterocycles. The van der Waals surface area contributed by atoms with Crippen molar-refractivity contribution in [2.45, 2.75) is 54.2 Å². The summed E-state index contributed by atoms with van der Waals surface area (Å²) in [5.74, 6) is 0.688. The molecule has 0 aliphatic carbocycles. The summed E-state index contributed by atoms with van der Waals surface area (Å²) in [5.41, 5.74) is 3.33. The zero-order chi connectivity index (χ0) is 40.8. The minimum Gasteiger partial charge on any atom is -0.493 e. The second kappa shape index (κ2) is 25.1. The zero-order valence-electron chi connectivity index (χ0n) is 32.7. The number of ether oxygens (including phenoxy) is 3. The predicted octanol–water partition coefficient (Wildman–Crippen LogP) is 5.53. The number of methoxy groups -OCH3 is 1. The Morgan fingerprint density at radius 3 is 2.04 bits per heavy atom. The van der Waals surface area contributed by atoms with E-state index in [1.54, 1.807) is 53.2 Å². The molecule has 0 bridgehead atoms. The van der Waals surface area contributed by atoms with E-state index in [2.05, 4.69) is 29.3 Å². The molecule has 0 saturated carbocycles. The molecule has 1 aliphatic rings. The van der Waals surface area contributed by atoms with Crippen LogP contribution in [0.2, 0.25) is 0 Å². The lowest BCUT2D eigenvalue weighted by Crippen LogP contribution is -2.39. The molecule has 296 valence electrons. The molecular weight excluding hydrogens is 721 g/mol. The molecule has 1 aliphatic heterocycles. The van der Waals surface area contributed by atoms with Gasteiger partial charge in [-0.2, -0.15) is 0 Å². The standard InChI is InChI=1S/C35H30N2O5S.4C2H6O/c1-4-41-34(39)31-22(2)36-35-37(32(31)25-12-6-5-7-13-25)33(38)30(43-35)20-23-17-18-28(29(19-23)40-3)42-21-26-15-10-14-24-11-8-9-16-27(24)26;4*1-2-3/h5-20,32H,4,21H2,1-3H3;4*3H,2H2,1H3/b30-20+;;;;. The van der Waals surface area contributed by atoms with Gasteiger partial charge in [-0.05, 0) is 87.2 Å². The van der Waals surface area contributed by atoms with Crippen molar-refractivity contribution in [1.29, 1.82) is 0 Å². The summed E-state index contributed by atoms with van der Waals surface area (Å²) in [7, 11) is 1.59. The summed E-state index contributed by atoms with van der Waals surface area (Å²) in [4.78, 5) is 32.1. The fourth-order valence-electron chi connectivity index (χ4n) is 5.36. The van der Waals surface area contributed by atoms with Gasteiger partial charge in [-0.3, -0.25) is 9.36 Å². The van der Waals surface area contributed by atoms with Crippen LogP contribution in [-0.4, -0.2) is 71.1 Å². The largest absolute Gasteiger partial charge is 0.493 e. The highest BCUT2D eigenvalue weighted by atomic mass is 32.1. The average molecular weight is 775 g/mol. The molecule has 1 aromatic heterocycles. The fourth-order valence-corrected chi connectivity index (χ4v) is 6.41. The molecule has 1 unspecified atom stereocenters. The van der Waals surface area contributed by atoms with Gasteiger partial charge in [0.1, 0.15) is 6.61 Å². The van der Waals surface area contributed by atoms with Crippen molar-refractivity contribution in [3.8, 4) is 11.5 Å². The topological polar surface area (TPSA) is 160 Å². The van der Waals surface area contributed by atoms with E-state index in [-0.39, 0.29) is 38.6 Å². The SMILES string of the molecule is CCO.CCO.CCO.CCO.CCOC(=O)C1=C(C)N=c2s/c(=C/c3ccc(OCc4cccc5ccccc45)c(OC)c3)c(=O)n2C1c1ccccc1. The van der Waals surface area contributed by atoms with Gasteiger partial charge < -0.3 is 34.6 Å². The predicted molar refractivity (Wildman–Crippen MR) is 219 cm³/mol. The van der Waals surface area contributed by atoms with Crippen molar-refractivity contribution < 1.29 is 39.4 Å². The van der Waals surface area contributed by atoms with Gasteiger partial charge in [0.05, 0.1) is 35.6 Å². The molecule has 0 spiro atoms. The number of rotatable bonds is 8. The number of allylic oxidation sites excluding steroid dienone is 1. The van der Waals surface area contributed by atoms with Crippen LogP contribution >= 0.6 is 11.3 Å². The van der Waals surface area contributed by atoms with E-state index in [1.165, 1.54) is 11.3 Å². The minimum absolute atomic E-state index is 0.227. The normalized spacial score (nSPS) is 12.9. The number of carbonyl (C=O) groups excluding carboxylic acids is 1. The summed E-state index contributed by atoms with van der Waals surface area (Å²) in [6.45, 7) is 11.9. The summed E-state index contributed by atoms with van der Waals surface area (Å²) < 4.78 is 19.3. The third kappa shape index (κ3) is 13.0. The molecule has 55 heavy (non-hydrogen) atoms. The minimum atomic E-state index is -0.641. The van der Waals surface area contributed by atoms with Gasteiger partial charge in [0, 0.05) is 26.4 Å². The zero-order valence-corrected chi connectivity index (χ0v) is 33.5. The maximum absolute atomic E-state index is 13.9. The summed E-state index contributed by atoms with van der Waals surface area (Å²) in [6, 6.07) is 28.8. The van der Waals surface area contributed by atoms with Crippen molar-refractivity contribution in [1.82, 2.24) is 4.57 Å². The van der Waals surface area contributed by atoms with E-state index in [0.29, 0.717) is 38.7 Å². The lowest BCUT2D eigenvalue weighted by atomic mass is 9.96. The molecule has 12 heteroatoms. The molecule has 6 rings (SSSR count). The first-order chi connectivity index (χ1) is 26.6.